The molecule has 0 fully saturated rings. The molecule has 0 radical (unpaired) electrons. The average molecular weight is 280 g/mol. The van der Waals surface area contributed by atoms with Crippen LogP contribution in [0.15, 0.2) is 42.5 Å². The van der Waals surface area contributed by atoms with Gasteiger partial charge in [0.2, 0.25) is 0 Å². The van der Waals surface area contributed by atoms with Gasteiger partial charge in [-0.15, -0.1) is 0 Å². The molecular formula is C18H20N2O. The van der Waals surface area contributed by atoms with Crippen LogP contribution in [0.5, 0.6) is 0 Å². The molecule has 2 N–H and O–H groups in total. The molecule has 1 aliphatic heterocycles. The molecule has 1 amide bonds. The van der Waals surface area contributed by atoms with E-state index in [0.29, 0.717) is 0 Å². The summed E-state index contributed by atoms with van der Waals surface area (Å²) < 4.78 is 0. The zero-order valence-corrected chi connectivity index (χ0v) is 12.3. The van der Waals surface area contributed by atoms with Gasteiger partial charge in [0.25, 0.3) is 5.91 Å². The Hall–Kier alpha value is -2.29. The second kappa shape index (κ2) is 6.00. The largest absolute Gasteiger partial charge is 0.385 e. The van der Waals surface area contributed by atoms with Gasteiger partial charge in [0.15, 0.2) is 0 Å². The molecule has 1 aliphatic rings. The second-order valence-electron chi connectivity index (χ2n) is 5.37. The summed E-state index contributed by atoms with van der Waals surface area (Å²) in [6, 6.07) is 13.9. The van der Waals surface area contributed by atoms with Crippen molar-refractivity contribution < 1.29 is 4.79 Å². The van der Waals surface area contributed by atoms with Crippen molar-refractivity contribution in [1.82, 2.24) is 0 Å². The number of aryl methyl sites for hydroxylation is 2. The number of hydrogen-bond acceptors (Lipinski definition) is 2. The van der Waals surface area contributed by atoms with E-state index in [1.54, 1.807) is 0 Å². The third-order valence-electron chi connectivity index (χ3n) is 3.95. The Balaban J connectivity index is 1.81. The van der Waals surface area contributed by atoms with Gasteiger partial charge in [-0.2, -0.15) is 0 Å². The van der Waals surface area contributed by atoms with Gasteiger partial charge in [-0.3, -0.25) is 4.79 Å². The minimum absolute atomic E-state index is 0.0387. The van der Waals surface area contributed by atoms with Crippen molar-refractivity contribution in [2.24, 2.45) is 0 Å². The lowest BCUT2D eigenvalue weighted by atomic mass is 10.0. The molecule has 0 saturated heterocycles. The fourth-order valence-corrected chi connectivity index (χ4v) is 2.79. The summed E-state index contributed by atoms with van der Waals surface area (Å²) in [4.78, 5) is 12.4. The Morgan fingerprint density at radius 3 is 2.95 bits per heavy atom. The Bertz CT molecular complexity index is 664. The summed E-state index contributed by atoms with van der Waals surface area (Å²) in [7, 11) is 0. The smallest absolute Gasteiger partial charge is 0.255 e. The number of benzene rings is 2. The van der Waals surface area contributed by atoms with Crippen molar-refractivity contribution in [1.29, 1.82) is 0 Å². The van der Waals surface area contributed by atoms with Crippen molar-refractivity contribution in [2.75, 3.05) is 17.2 Å². The number of hydrogen-bond donors (Lipinski definition) is 2. The van der Waals surface area contributed by atoms with E-state index in [2.05, 4.69) is 23.6 Å². The first-order valence-electron chi connectivity index (χ1n) is 7.54. The molecule has 108 valence electrons. The number of fused-ring (bicyclic) bond motifs is 1. The van der Waals surface area contributed by atoms with Crippen LogP contribution < -0.4 is 10.6 Å². The summed E-state index contributed by atoms with van der Waals surface area (Å²) in [5.74, 6) is -0.0387. The van der Waals surface area contributed by atoms with E-state index in [-0.39, 0.29) is 5.91 Å². The highest BCUT2D eigenvalue weighted by atomic mass is 16.1. The van der Waals surface area contributed by atoms with Crippen LogP contribution in [0.3, 0.4) is 0 Å². The number of anilines is 2. The van der Waals surface area contributed by atoms with Crippen LogP contribution in [-0.2, 0) is 12.8 Å². The Morgan fingerprint density at radius 1 is 1.24 bits per heavy atom. The summed E-state index contributed by atoms with van der Waals surface area (Å²) in [5.41, 5.74) is 5.15. The zero-order chi connectivity index (χ0) is 14.7. The highest BCUT2D eigenvalue weighted by Gasteiger charge is 2.12. The third kappa shape index (κ3) is 2.92. The van der Waals surface area contributed by atoms with E-state index >= 15 is 0 Å². The molecule has 2 aromatic carbocycles. The van der Waals surface area contributed by atoms with Crippen LogP contribution in [0.25, 0.3) is 0 Å². The van der Waals surface area contributed by atoms with E-state index < -0.39 is 0 Å². The van der Waals surface area contributed by atoms with Gasteiger partial charge in [0.05, 0.1) is 0 Å². The minimum Gasteiger partial charge on any atom is -0.385 e. The lowest BCUT2D eigenvalue weighted by Gasteiger charge is -2.19. The first-order chi connectivity index (χ1) is 10.3. The molecule has 0 unspecified atom stereocenters. The molecule has 0 bridgehead atoms. The van der Waals surface area contributed by atoms with Crippen LogP contribution in [0.2, 0.25) is 0 Å². The van der Waals surface area contributed by atoms with Crippen molar-refractivity contribution in [3.05, 3.63) is 59.2 Å². The van der Waals surface area contributed by atoms with Gasteiger partial charge < -0.3 is 10.6 Å². The number of carbonyl (C=O) groups is 1. The molecule has 21 heavy (non-hydrogen) atoms. The van der Waals surface area contributed by atoms with Gasteiger partial charge in [0, 0.05) is 23.5 Å². The molecule has 0 saturated carbocycles. The highest BCUT2D eigenvalue weighted by Crippen LogP contribution is 2.25. The van der Waals surface area contributed by atoms with E-state index in [1.807, 2.05) is 36.4 Å². The monoisotopic (exact) mass is 280 g/mol. The van der Waals surface area contributed by atoms with Gasteiger partial charge >= 0.3 is 0 Å². The maximum atomic E-state index is 12.4. The van der Waals surface area contributed by atoms with Crippen molar-refractivity contribution in [3.63, 3.8) is 0 Å². The van der Waals surface area contributed by atoms with Crippen LogP contribution in [-0.4, -0.2) is 12.5 Å². The predicted molar refractivity (Wildman–Crippen MR) is 87.0 cm³/mol. The van der Waals surface area contributed by atoms with E-state index in [9.17, 15) is 4.79 Å². The Kier molecular flexibility index (Phi) is 3.91. The molecule has 3 rings (SSSR count). The number of amides is 1. The van der Waals surface area contributed by atoms with Gasteiger partial charge in [-0.05, 0) is 48.6 Å². The van der Waals surface area contributed by atoms with E-state index in [4.69, 9.17) is 0 Å². The van der Waals surface area contributed by atoms with Gasteiger partial charge in [-0.1, -0.05) is 31.2 Å². The second-order valence-corrected chi connectivity index (χ2v) is 5.37. The standard InChI is InChI=1S/C18H20N2O/c1-2-13-6-3-4-8-16(13)18(21)20-15-10-9-14-7-5-11-19-17(14)12-15/h3-4,6,8-10,12,19H,2,5,7,11H2,1H3,(H,20,21). The van der Waals surface area contributed by atoms with Crippen molar-refractivity contribution in [2.45, 2.75) is 26.2 Å². The van der Waals surface area contributed by atoms with Crippen LogP contribution >= 0.6 is 0 Å². The Labute approximate surface area is 125 Å². The first kappa shape index (κ1) is 13.7. The van der Waals surface area contributed by atoms with Gasteiger partial charge in [-0.25, -0.2) is 0 Å². The summed E-state index contributed by atoms with van der Waals surface area (Å²) in [6.07, 6.45) is 3.13. The van der Waals surface area contributed by atoms with E-state index in [1.165, 1.54) is 12.0 Å². The summed E-state index contributed by atoms with van der Waals surface area (Å²) in [6.45, 7) is 3.07. The molecule has 3 nitrogen and oxygen atoms in total. The van der Waals surface area contributed by atoms with Crippen molar-refractivity contribution >= 4 is 17.3 Å². The van der Waals surface area contributed by atoms with Gasteiger partial charge in [0.1, 0.15) is 0 Å². The number of nitrogens with one attached hydrogen (secondary N) is 2. The predicted octanol–water partition coefficient (Wildman–Crippen LogP) is 3.86. The molecule has 0 atom stereocenters. The number of rotatable bonds is 3. The summed E-state index contributed by atoms with van der Waals surface area (Å²) in [5, 5.41) is 6.39. The van der Waals surface area contributed by atoms with Crippen LogP contribution in [0.4, 0.5) is 11.4 Å². The van der Waals surface area contributed by atoms with Crippen LogP contribution in [0.1, 0.15) is 34.8 Å². The minimum atomic E-state index is -0.0387. The lowest BCUT2D eigenvalue weighted by molar-refractivity contribution is 0.102. The normalized spacial score (nSPS) is 13.2. The quantitative estimate of drug-likeness (QED) is 0.896. The summed E-state index contributed by atoms with van der Waals surface area (Å²) >= 11 is 0. The van der Waals surface area contributed by atoms with E-state index in [0.717, 1.165) is 41.9 Å². The molecule has 3 heteroatoms. The fraction of sp³-hybridized carbons (Fsp3) is 0.278. The highest BCUT2D eigenvalue weighted by molar-refractivity contribution is 6.05. The fourth-order valence-electron chi connectivity index (χ4n) is 2.79. The first-order valence-corrected chi connectivity index (χ1v) is 7.54. The number of carbonyl (C=O) groups excluding carboxylic acids is 1. The SMILES string of the molecule is CCc1ccccc1C(=O)Nc1ccc2c(c1)NCCC2. The topological polar surface area (TPSA) is 41.1 Å². The average Bonchev–Trinajstić information content (AvgIpc) is 2.54. The zero-order valence-electron chi connectivity index (χ0n) is 12.3. The van der Waals surface area contributed by atoms with Crippen molar-refractivity contribution in [3.8, 4) is 0 Å². The maximum Gasteiger partial charge on any atom is 0.255 e. The molecule has 0 aliphatic carbocycles. The Morgan fingerprint density at radius 2 is 2.10 bits per heavy atom. The molecule has 1 heterocycles. The van der Waals surface area contributed by atoms with Crippen LogP contribution in [0, 0.1) is 0 Å². The molecular weight excluding hydrogens is 260 g/mol. The maximum absolute atomic E-state index is 12.4. The molecule has 0 aromatic heterocycles. The lowest BCUT2D eigenvalue weighted by Crippen LogP contribution is -2.16. The third-order valence-corrected chi connectivity index (χ3v) is 3.95. The molecule has 2 aromatic rings. The molecule has 0 spiro atoms.